The van der Waals surface area contributed by atoms with Gasteiger partial charge in [0.2, 0.25) is 0 Å². The number of nitrogens with zero attached hydrogens (tertiary/aromatic N) is 2. The fourth-order valence-corrected chi connectivity index (χ4v) is 2.93. The second kappa shape index (κ2) is 6.20. The van der Waals surface area contributed by atoms with Crippen molar-refractivity contribution in [1.29, 1.82) is 0 Å². The monoisotopic (exact) mass is 309 g/mol. The molecule has 0 aromatic carbocycles. The average Bonchev–Trinajstić information content (AvgIpc) is 2.79. The van der Waals surface area contributed by atoms with E-state index in [4.69, 9.17) is 16.6 Å². The van der Waals surface area contributed by atoms with Crippen LogP contribution in [0.3, 0.4) is 0 Å². The molecule has 0 saturated heterocycles. The first-order valence-corrected chi connectivity index (χ1v) is 7.94. The van der Waals surface area contributed by atoms with Gasteiger partial charge in [0, 0.05) is 23.2 Å². The van der Waals surface area contributed by atoms with Gasteiger partial charge in [-0.3, -0.25) is 4.98 Å². The lowest BCUT2D eigenvalue weighted by atomic mass is 10.1. The van der Waals surface area contributed by atoms with Crippen LogP contribution in [0.5, 0.6) is 0 Å². The fourth-order valence-electron chi connectivity index (χ4n) is 1.76. The number of thiazole rings is 1. The van der Waals surface area contributed by atoms with Crippen LogP contribution in [0.4, 0.5) is 0 Å². The Labute approximate surface area is 129 Å². The molecule has 0 unspecified atom stereocenters. The van der Waals surface area contributed by atoms with Crippen LogP contribution < -0.4 is 5.32 Å². The summed E-state index contributed by atoms with van der Waals surface area (Å²) >= 11 is 7.58. The largest absolute Gasteiger partial charge is 0.307 e. The summed E-state index contributed by atoms with van der Waals surface area (Å²) in [5.74, 6) is 0. The van der Waals surface area contributed by atoms with Gasteiger partial charge in [0.05, 0.1) is 16.4 Å². The molecule has 0 aliphatic rings. The molecule has 0 bridgehead atoms. The Morgan fingerprint density at radius 1 is 1.30 bits per heavy atom. The average molecular weight is 310 g/mol. The summed E-state index contributed by atoms with van der Waals surface area (Å²) in [6.45, 7) is 9.48. The fraction of sp³-hybridized carbons (Fsp3) is 0.467. The van der Waals surface area contributed by atoms with Crippen molar-refractivity contribution >= 4 is 22.9 Å². The minimum atomic E-state index is 0.105. The lowest BCUT2D eigenvalue weighted by Gasteiger charge is -2.20. The zero-order valence-electron chi connectivity index (χ0n) is 12.3. The van der Waals surface area contributed by atoms with Gasteiger partial charge >= 0.3 is 0 Å². The third-order valence-electron chi connectivity index (χ3n) is 2.84. The SMILES string of the molecule is CCc1nc(-c2ccc(Cl)cn2)sc1CNC(C)(C)C. The van der Waals surface area contributed by atoms with E-state index in [1.54, 1.807) is 17.5 Å². The van der Waals surface area contributed by atoms with Gasteiger partial charge in [0.25, 0.3) is 0 Å². The number of rotatable bonds is 4. The molecule has 2 heterocycles. The van der Waals surface area contributed by atoms with Gasteiger partial charge in [-0.15, -0.1) is 11.3 Å². The van der Waals surface area contributed by atoms with E-state index in [1.165, 1.54) is 4.88 Å². The maximum absolute atomic E-state index is 5.87. The molecule has 0 amide bonds. The van der Waals surface area contributed by atoms with Crippen molar-refractivity contribution in [3.05, 3.63) is 33.9 Å². The molecule has 0 atom stereocenters. The summed E-state index contributed by atoms with van der Waals surface area (Å²) in [7, 11) is 0. The number of aromatic nitrogens is 2. The van der Waals surface area contributed by atoms with Gasteiger partial charge in [-0.25, -0.2) is 4.98 Å². The lowest BCUT2D eigenvalue weighted by Crippen LogP contribution is -2.35. The zero-order chi connectivity index (χ0) is 14.8. The van der Waals surface area contributed by atoms with E-state index in [2.05, 4.69) is 38.0 Å². The number of hydrogen-bond acceptors (Lipinski definition) is 4. The van der Waals surface area contributed by atoms with Gasteiger partial charge in [0.15, 0.2) is 0 Å². The lowest BCUT2D eigenvalue weighted by molar-refractivity contribution is 0.425. The van der Waals surface area contributed by atoms with Crippen molar-refractivity contribution in [3.63, 3.8) is 0 Å². The van der Waals surface area contributed by atoms with Gasteiger partial charge in [-0.05, 0) is 39.3 Å². The molecular formula is C15H20ClN3S. The van der Waals surface area contributed by atoms with Crippen molar-refractivity contribution in [2.75, 3.05) is 0 Å². The first kappa shape index (κ1) is 15.4. The number of halogens is 1. The quantitative estimate of drug-likeness (QED) is 0.914. The molecule has 2 aromatic rings. The van der Waals surface area contributed by atoms with Crippen LogP contribution in [0.1, 0.15) is 38.3 Å². The molecule has 3 nitrogen and oxygen atoms in total. The summed E-state index contributed by atoms with van der Waals surface area (Å²) in [5.41, 5.74) is 2.14. The number of hydrogen-bond donors (Lipinski definition) is 1. The smallest absolute Gasteiger partial charge is 0.142 e. The van der Waals surface area contributed by atoms with Crippen LogP contribution in [0.15, 0.2) is 18.3 Å². The van der Waals surface area contributed by atoms with E-state index < -0.39 is 0 Å². The molecule has 20 heavy (non-hydrogen) atoms. The Kier molecular flexibility index (Phi) is 4.78. The Morgan fingerprint density at radius 2 is 2.05 bits per heavy atom. The third-order valence-corrected chi connectivity index (χ3v) is 4.18. The maximum Gasteiger partial charge on any atom is 0.142 e. The van der Waals surface area contributed by atoms with Crippen molar-refractivity contribution in [3.8, 4) is 10.7 Å². The minimum absolute atomic E-state index is 0.105. The molecule has 0 radical (unpaired) electrons. The van der Waals surface area contributed by atoms with Crippen LogP contribution in [0.2, 0.25) is 5.02 Å². The van der Waals surface area contributed by atoms with Gasteiger partial charge in [-0.1, -0.05) is 18.5 Å². The highest BCUT2D eigenvalue weighted by Gasteiger charge is 2.15. The molecule has 0 fully saturated rings. The predicted molar refractivity (Wildman–Crippen MR) is 86.3 cm³/mol. The van der Waals surface area contributed by atoms with E-state index in [0.29, 0.717) is 5.02 Å². The normalized spacial score (nSPS) is 11.8. The van der Waals surface area contributed by atoms with E-state index >= 15 is 0 Å². The van der Waals surface area contributed by atoms with Crippen LogP contribution >= 0.6 is 22.9 Å². The molecule has 0 aliphatic heterocycles. The second-order valence-corrected chi connectivity index (χ2v) is 7.23. The highest BCUT2D eigenvalue weighted by Crippen LogP contribution is 2.28. The molecular weight excluding hydrogens is 290 g/mol. The molecule has 0 saturated carbocycles. The van der Waals surface area contributed by atoms with E-state index in [1.807, 2.05) is 12.1 Å². The van der Waals surface area contributed by atoms with Gasteiger partial charge < -0.3 is 5.32 Å². The van der Waals surface area contributed by atoms with Crippen LogP contribution in [-0.4, -0.2) is 15.5 Å². The van der Waals surface area contributed by atoms with Crippen molar-refractivity contribution in [1.82, 2.24) is 15.3 Å². The van der Waals surface area contributed by atoms with Crippen molar-refractivity contribution < 1.29 is 0 Å². The first-order valence-electron chi connectivity index (χ1n) is 6.74. The second-order valence-electron chi connectivity index (χ2n) is 5.71. The molecule has 2 aromatic heterocycles. The standard InChI is InChI=1S/C15H20ClN3S/c1-5-11-13(9-18-15(2,3)4)20-14(19-11)12-7-6-10(16)8-17-12/h6-8,18H,5,9H2,1-4H3. The molecule has 0 spiro atoms. The summed E-state index contributed by atoms with van der Waals surface area (Å²) in [5, 5.41) is 5.13. The maximum atomic E-state index is 5.87. The van der Waals surface area contributed by atoms with Crippen molar-refractivity contribution in [2.24, 2.45) is 0 Å². The summed E-state index contributed by atoms with van der Waals surface area (Å²) in [6.07, 6.45) is 2.60. The molecule has 0 aliphatic carbocycles. The van der Waals surface area contributed by atoms with Gasteiger partial charge in [0.1, 0.15) is 5.01 Å². The van der Waals surface area contributed by atoms with Gasteiger partial charge in [-0.2, -0.15) is 0 Å². The number of nitrogens with one attached hydrogen (secondary N) is 1. The molecule has 108 valence electrons. The summed E-state index contributed by atoms with van der Waals surface area (Å²) < 4.78 is 0. The Morgan fingerprint density at radius 3 is 2.60 bits per heavy atom. The summed E-state index contributed by atoms with van der Waals surface area (Å²) in [6, 6.07) is 3.77. The highest BCUT2D eigenvalue weighted by atomic mass is 35.5. The third kappa shape index (κ3) is 4.01. The minimum Gasteiger partial charge on any atom is -0.307 e. The van der Waals surface area contributed by atoms with Crippen LogP contribution in [-0.2, 0) is 13.0 Å². The first-order chi connectivity index (χ1) is 9.39. The van der Waals surface area contributed by atoms with E-state index in [-0.39, 0.29) is 5.54 Å². The number of pyridine rings is 1. The Hall–Kier alpha value is -0.970. The molecule has 5 heteroatoms. The summed E-state index contributed by atoms with van der Waals surface area (Å²) in [4.78, 5) is 10.3. The predicted octanol–water partition coefficient (Wildman–Crippen LogP) is 4.31. The number of aryl methyl sites for hydroxylation is 1. The van der Waals surface area contributed by atoms with Crippen molar-refractivity contribution in [2.45, 2.75) is 46.2 Å². The molecule has 1 N–H and O–H groups in total. The zero-order valence-corrected chi connectivity index (χ0v) is 13.9. The van der Waals surface area contributed by atoms with E-state index in [9.17, 15) is 0 Å². The Balaban J connectivity index is 2.24. The van der Waals surface area contributed by atoms with Crippen LogP contribution in [0, 0.1) is 0 Å². The highest BCUT2D eigenvalue weighted by molar-refractivity contribution is 7.15. The molecule has 2 rings (SSSR count). The topological polar surface area (TPSA) is 37.8 Å². The van der Waals surface area contributed by atoms with E-state index in [0.717, 1.165) is 29.4 Å². The Bertz CT molecular complexity index is 570. The van der Waals surface area contributed by atoms with Crippen LogP contribution in [0.25, 0.3) is 10.7 Å².